The predicted octanol–water partition coefficient (Wildman–Crippen LogP) is 1.13. The highest BCUT2D eigenvalue weighted by Crippen LogP contribution is 2.06. The number of alkyl carbamates (subject to hydrolysis) is 1. The molecule has 1 rings (SSSR count). The first-order valence-corrected chi connectivity index (χ1v) is 5.40. The van der Waals surface area contributed by atoms with E-state index in [1.165, 1.54) is 12.4 Å². The molecule has 0 aliphatic rings. The number of nitrogens with one attached hydrogen (secondary N) is 1. The smallest absolute Gasteiger partial charge is 0.407 e. The van der Waals surface area contributed by atoms with Crippen molar-refractivity contribution in [1.82, 2.24) is 15.3 Å². The number of carbonyl (C=O) groups excluding carboxylic acids is 1. The van der Waals surface area contributed by atoms with Crippen LogP contribution in [-0.4, -0.2) is 28.2 Å². The highest BCUT2D eigenvalue weighted by atomic mass is 16.6. The van der Waals surface area contributed by atoms with Gasteiger partial charge in [-0.1, -0.05) is 0 Å². The van der Waals surface area contributed by atoms with Crippen LogP contribution in [0.3, 0.4) is 0 Å². The number of carbonyl (C=O) groups is 1. The van der Waals surface area contributed by atoms with E-state index in [1.807, 2.05) is 20.8 Å². The lowest BCUT2D eigenvalue weighted by molar-refractivity contribution is 0.0528. The van der Waals surface area contributed by atoms with E-state index in [0.717, 1.165) is 0 Å². The van der Waals surface area contributed by atoms with Crippen molar-refractivity contribution in [2.24, 2.45) is 0 Å². The fourth-order valence-electron chi connectivity index (χ4n) is 1.08. The molecule has 0 unspecified atom stereocenters. The van der Waals surface area contributed by atoms with Gasteiger partial charge in [0.2, 0.25) is 0 Å². The predicted molar refractivity (Wildman–Crippen MR) is 64.4 cm³/mol. The lowest BCUT2D eigenvalue weighted by atomic mass is 10.2. The Balaban J connectivity index is 2.28. The maximum absolute atomic E-state index is 11.3. The van der Waals surface area contributed by atoms with Gasteiger partial charge < -0.3 is 15.8 Å². The minimum absolute atomic E-state index is 0.429. The van der Waals surface area contributed by atoms with Crippen molar-refractivity contribution in [3.05, 3.63) is 18.2 Å². The average molecular weight is 238 g/mol. The van der Waals surface area contributed by atoms with Crippen LogP contribution < -0.4 is 11.1 Å². The molecule has 0 spiro atoms. The monoisotopic (exact) mass is 238 g/mol. The molecule has 1 aromatic rings. The fraction of sp³-hybridized carbons (Fsp3) is 0.545. The molecule has 0 aliphatic carbocycles. The number of nitrogens with zero attached hydrogens (tertiary/aromatic N) is 2. The number of rotatable bonds is 3. The van der Waals surface area contributed by atoms with Gasteiger partial charge in [0.25, 0.3) is 0 Å². The summed E-state index contributed by atoms with van der Waals surface area (Å²) < 4.78 is 5.08. The molecule has 0 aromatic carbocycles. The second kappa shape index (κ2) is 5.47. The summed E-state index contributed by atoms with van der Waals surface area (Å²) in [5.41, 5.74) is 5.50. The first-order chi connectivity index (χ1) is 7.87. The van der Waals surface area contributed by atoms with Gasteiger partial charge in [0.15, 0.2) is 0 Å². The van der Waals surface area contributed by atoms with Gasteiger partial charge in [-0.3, -0.25) is 0 Å². The fourth-order valence-corrected chi connectivity index (χ4v) is 1.08. The maximum atomic E-state index is 11.3. The molecule has 0 bridgehead atoms. The highest BCUT2D eigenvalue weighted by molar-refractivity contribution is 5.67. The van der Waals surface area contributed by atoms with Gasteiger partial charge in [-0.2, -0.15) is 0 Å². The summed E-state index contributed by atoms with van der Waals surface area (Å²) in [6.45, 7) is 5.87. The third kappa shape index (κ3) is 5.70. The van der Waals surface area contributed by atoms with E-state index in [1.54, 1.807) is 0 Å². The SMILES string of the molecule is CC(C)(C)OC(=O)NCCc1ncc(N)cn1. The van der Waals surface area contributed by atoms with E-state index >= 15 is 0 Å². The van der Waals surface area contributed by atoms with Gasteiger partial charge in [0.1, 0.15) is 11.4 Å². The minimum atomic E-state index is -0.484. The Morgan fingerprint density at radius 3 is 2.53 bits per heavy atom. The summed E-state index contributed by atoms with van der Waals surface area (Å²) in [7, 11) is 0. The van der Waals surface area contributed by atoms with E-state index in [2.05, 4.69) is 15.3 Å². The lowest BCUT2D eigenvalue weighted by Crippen LogP contribution is -2.33. The normalized spacial score (nSPS) is 11.0. The quantitative estimate of drug-likeness (QED) is 0.823. The second-order valence-corrected chi connectivity index (χ2v) is 4.61. The van der Waals surface area contributed by atoms with Crippen LogP contribution in [0, 0.1) is 0 Å². The number of anilines is 1. The van der Waals surface area contributed by atoms with Gasteiger partial charge in [-0.15, -0.1) is 0 Å². The van der Waals surface area contributed by atoms with Crippen molar-refractivity contribution in [2.75, 3.05) is 12.3 Å². The van der Waals surface area contributed by atoms with E-state index < -0.39 is 11.7 Å². The van der Waals surface area contributed by atoms with Crippen molar-refractivity contribution >= 4 is 11.8 Å². The molecule has 1 heterocycles. The van der Waals surface area contributed by atoms with Crippen LogP contribution >= 0.6 is 0 Å². The molecule has 3 N–H and O–H groups in total. The van der Waals surface area contributed by atoms with Crippen LogP contribution in [0.1, 0.15) is 26.6 Å². The number of hydrogen-bond acceptors (Lipinski definition) is 5. The Morgan fingerprint density at radius 2 is 2.00 bits per heavy atom. The van der Waals surface area contributed by atoms with Gasteiger partial charge in [0, 0.05) is 13.0 Å². The van der Waals surface area contributed by atoms with E-state index in [9.17, 15) is 4.79 Å². The summed E-state index contributed by atoms with van der Waals surface area (Å²) in [5, 5.41) is 2.63. The lowest BCUT2D eigenvalue weighted by Gasteiger charge is -2.19. The molecule has 17 heavy (non-hydrogen) atoms. The van der Waals surface area contributed by atoms with Crippen LogP contribution in [0.5, 0.6) is 0 Å². The van der Waals surface area contributed by atoms with E-state index in [-0.39, 0.29) is 0 Å². The summed E-state index contributed by atoms with van der Waals surface area (Å²) >= 11 is 0. The summed E-state index contributed by atoms with van der Waals surface area (Å²) in [6.07, 6.45) is 3.18. The maximum Gasteiger partial charge on any atom is 0.407 e. The van der Waals surface area contributed by atoms with Gasteiger partial charge in [-0.05, 0) is 20.8 Å². The summed E-state index contributed by atoms with van der Waals surface area (Å²) in [6, 6.07) is 0. The van der Waals surface area contributed by atoms with Crippen LogP contribution in [0.2, 0.25) is 0 Å². The van der Waals surface area contributed by atoms with Gasteiger partial charge in [0.05, 0.1) is 18.1 Å². The highest BCUT2D eigenvalue weighted by Gasteiger charge is 2.15. The van der Waals surface area contributed by atoms with E-state index in [4.69, 9.17) is 10.5 Å². The van der Waals surface area contributed by atoms with Gasteiger partial charge >= 0.3 is 6.09 Å². The summed E-state index contributed by atoms with van der Waals surface area (Å²) in [4.78, 5) is 19.4. The molecule has 0 saturated carbocycles. The zero-order chi connectivity index (χ0) is 12.9. The summed E-state index contributed by atoms with van der Waals surface area (Å²) in [5.74, 6) is 0.634. The zero-order valence-electron chi connectivity index (χ0n) is 10.4. The number of ether oxygens (including phenoxy) is 1. The zero-order valence-corrected chi connectivity index (χ0v) is 10.4. The number of nitrogen functional groups attached to an aromatic ring is 1. The molecule has 0 saturated heterocycles. The van der Waals surface area contributed by atoms with Crippen molar-refractivity contribution in [2.45, 2.75) is 32.8 Å². The Labute approximate surface area is 101 Å². The molecule has 0 atom stereocenters. The number of aromatic nitrogens is 2. The minimum Gasteiger partial charge on any atom is -0.444 e. The molecule has 6 heteroatoms. The largest absolute Gasteiger partial charge is 0.444 e. The third-order valence-electron chi connectivity index (χ3n) is 1.74. The van der Waals surface area contributed by atoms with Crippen LogP contribution in [0.15, 0.2) is 12.4 Å². The van der Waals surface area contributed by atoms with Gasteiger partial charge in [-0.25, -0.2) is 14.8 Å². The standard InChI is InChI=1S/C11H18N4O2/c1-11(2,3)17-10(16)13-5-4-9-14-6-8(12)7-15-9/h6-7H,4-5,12H2,1-3H3,(H,13,16). The first-order valence-electron chi connectivity index (χ1n) is 5.40. The van der Waals surface area contributed by atoms with E-state index in [0.29, 0.717) is 24.5 Å². The van der Waals surface area contributed by atoms with Crippen molar-refractivity contribution in [3.8, 4) is 0 Å². The molecular formula is C11H18N4O2. The molecule has 94 valence electrons. The van der Waals surface area contributed by atoms with Crippen LogP contribution in [-0.2, 0) is 11.2 Å². The number of nitrogens with two attached hydrogens (primary N) is 1. The third-order valence-corrected chi connectivity index (χ3v) is 1.74. The molecule has 0 fully saturated rings. The van der Waals surface area contributed by atoms with Crippen molar-refractivity contribution < 1.29 is 9.53 Å². The number of hydrogen-bond donors (Lipinski definition) is 2. The van der Waals surface area contributed by atoms with Crippen molar-refractivity contribution in [1.29, 1.82) is 0 Å². The van der Waals surface area contributed by atoms with Crippen LogP contribution in [0.4, 0.5) is 10.5 Å². The molecule has 6 nitrogen and oxygen atoms in total. The Kier molecular flexibility index (Phi) is 4.25. The average Bonchev–Trinajstić information content (AvgIpc) is 2.18. The van der Waals surface area contributed by atoms with Crippen molar-refractivity contribution in [3.63, 3.8) is 0 Å². The second-order valence-electron chi connectivity index (χ2n) is 4.61. The Bertz CT molecular complexity index is 370. The molecule has 0 aliphatic heterocycles. The van der Waals surface area contributed by atoms with Crippen LogP contribution in [0.25, 0.3) is 0 Å². The molecule has 0 radical (unpaired) electrons. The topological polar surface area (TPSA) is 90.1 Å². The number of amides is 1. The molecule has 1 amide bonds. The Morgan fingerprint density at radius 1 is 1.41 bits per heavy atom. The molecular weight excluding hydrogens is 220 g/mol. The Hall–Kier alpha value is -1.85. The first kappa shape index (κ1) is 13.2. The molecule has 1 aromatic heterocycles.